The molecule has 9 nitrogen and oxygen atoms in total. The Morgan fingerprint density at radius 1 is 0.765 bits per heavy atom. The number of rotatable bonds is 12. The number of hydrogen-bond acceptors (Lipinski definition) is 6. The van der Waals surface area contributed by atoms with Gasteiger partial charge in [-0.1, -0.05) is 61.5 Å². The molecule has 0 bridgehead atoms. The summed E-state index contributed by atoms with van der Waals surface area (Å²) in [5.74, 6) is 0. The average molecular weight is 472 g/mol. The summed E-state index contributed by atoms with van der Waals surface area (Å²) in [6.07, 6.45) is -0.279. The molecule has 2 N–H and O–H groups in total. The smallest absolute Gasteiger partial charge is 0.409 e. The van der Waals surface area contributed by atoms with Crippen LogP contribution in [0.2, 0.25) is 0 Å². The Balaban J connectivity index is 1.58. The Kier molecular flexibility index (Phi) is 11.8. The van der Waals surface area contributed by atoms with Crippen LogP contribution in [-0.2, 0) is 33.8 Å². The van der Waals surface area contributed by atoms with E-state index in [2.05, 4.69) is 10.6 Å². The number of carbonyl (C=O) groups is 3. The fourth-order valence-electron chi connectivity index (χ4n) is 2.91. The van der Waals surface area contributed by atoms with Crippen LogP contribution in [0.25, 0.3) is 0 Å². The minimum Gasteiger partial charge on any atom is -0.450 e. The Hall–Kier alpha value is -3.75. The Morgan fingerprint density at radius 2 is 1.32 bits per heavy atom. The van der Waals surface area contributed by atoms with Gasteiger partial charge in [0.2, 0.25) is 0 Å². The molecule has 0 unspecified atom stereocenters. The molecule has 2 aromatic carbocycles. The molecular weight excluding hydrogens is 438 g/mol. The molecule has 2 rings (SSSR count). The largest absolute Gasteiger partial charge is 0.450 e. The average Bonchev–Trinajstić information content (AvgIpc) is 2.85. The third kappa shape index (κ3) is 10.7. The molecule has 0 aromatic heterocycles. The van der Waals surface area contributed by atoms with Crippen molar-refractivity contribution in [3.63, 3.8) is 0 Å². The van der Waals surface area contributed by atoms with Crippen molar-refractivity contribution >= 4 is 18.3 Å². The Labute approximate surface area is 200 Å². The molecule has 184 valence electrons. The first-order valence-electron chi connectivity index (χ1n) is 11.3. The molecule has 2 aromatic rings. The SMILES string of the molecule is CCCOC(=O)NCc1cccc(CNC(=O)OCCCOC(=O)N(C)Cc2ccccc2)c1. The lowest BCUT2D eigenvalue weighted by Crippen LogP contribution is -2.28. The second-order valence-electron chi connectivity index (χ2n) is 7.61. The van der Waals surface area contributed by atoms with E-state index in [1.807, 2.05) is 61.5 Å². The molecule has 0 saturated heterocycles. The summed E-state index contributed by atoms with van der Waals surface area (Å²) in [5, 5.41) is 5.36. The van der Waals surface area contributed by atoms with Crippen molar-refractivity contribution in [2.45, 2.75) is 39.4 Å². The molecular formula is C25H33N3O6. The molecule has 0 atom stereocenters. The molecule has 0 heterocycles. The molecule has 0 aliphatic heterocycles. The zero-order valence-electron chi connectivity index (χ0n) is 19.7. The maximum absolute atomic E-state index is 12.0. The number of ether oxygens (including phenoxy) is 3. The highest BCUT2D eigenvalue weighted by Crippen LogP contribution is 2.06. The number of benzene rings is 2. The van der Waals surface area contributed by atoms with Crippen LogP contribution in [0.5, 0.6) is 0 Å². The topological polar surface area (TPSA) is 106 Å². The van der Waals surface area contributed by atoms with Crippen LogP contribution in [-0.4, -0.2) is 50.0 Å². The van der Waals surface area contributed by atoms with Gasteiger partial charge in [0.05, 0.1) is 19.8 Å². The van der Waals surface area contributed by atoms with Crippen LogP contribution >= 0.6 is 0 Å². The number of carbonyl (C=O) groups excluding carboxylic acids is 3. The van der Waals surface area contributed by atoms with E-state index in [4.69, 9.17) is 14.2 Å². The van der Waals surface area contributed by atoms with Crippen molar-refractivity contribution in [2.75, 3.05) is 26.9 Å². The third-order valence-corrected chi connectivity index (χ3v) is 4.62. The lowest BCUT2D eigenvalue weighted by molar-refractivity contribution is 0.0954. The summed E-state index contributed by atoms with van der Waals surface area (Å²) >= 11 is 0. The van der Waals surface area contributed by atoms with Crippen LogP contribution in [0.3, 0.4) is 0 Å². The van der Waals surface area contributed by atoms with Gasteiger partial charge in [0.15, 0.2) is 0 Å². The lowest BCUT2D eigenvalue weighted by Gasteiger charge is -2.17. The van der Waals surface area contributed by atoms with Gasteiger partial charge in [-0.3, -0.25) is 0 Å². The first-order valence-corrected chi connectivity index (χ1v) is 11.3. The Morgan fingerprint density at radius 3 is 1.94 bits per heavy atom. The molecule has 3 amide bonds. The highest BCUT2D eigenvalue weighted by atomic mass is 16.6. The van der Waals surface area contributed by atoms with Crippen molar-refractivity contribution in [2.24, 2.45) is 0 Å². The number of nitrogens with zero attached hydrogens (tertiary/aromatic N) is 1. The molecule has 0 aliphatic rings. The summed E-state index contributed by atoms with van der Waals surface area (Å²) < 4.78 is 15.3. The lowest BCUT2D eigenvalue weighted by atomic mass is 10.1. The molecule has 0 radical (unpaired) electrons. The van der Waals surface area contributed by atoms with Gasteiger partial charge in [-0.25, -0.2) is 14.4 Å². The molecule has 0 fully saturated rings. The molecule has 9 heteroatoms. The van der Waals surface area contributed by atoms with Gasteiger partial charge in [0, 0.05) is 33.1 Å². The van der Waals surface area contributed by atoms with E-state index < -0.39 is 18.3 Å². The van der Waals surface area contributed by atoms with E-state index in [0.717, 1.165) is 23.1 Å². The first kappa shape index (κ1) is 26.5. The van der Waals surface area contributed by atoms with Crippen LogP contribution in [0.4, 0.5) is 14.4 Å². The van der Waals surface area contributed by atoms with Gasteiger partial charge < -0.3 is 29.7 Å². The normalized spacial score (nSPS) is 10.2. The number of amides is 3. The van der Waals surface area contributed by atoms with Crippen molar-refractivity contribution in [1.29, 1.82) is 0 Å². The third-order valence-electron chi connectivity index (χ3n) is 4.62. The number of nitrogens with one attached hydrogen (secondary N) is 2. The summed E-state index contributed by atoms with van der Waals surface area (Å²) in [4.78, 5) is 36.9. The Bertz CT molecular complexity index is 907. The number of alkyl carbamates (subject to hydrolysis) is 2. The second-order valence-corrected chi connectivity index (χ2v) is 7.61. The van der Waals surface area contributed by atoms with E-state index in [1.54, 1.807) is 7.05 Å². The van der Waals surface area contributed by atoms with Crippen LogP contribution < -0.4 is 10.6 Å². The molecule has 0 spiro atoms. The van der Waals surface area contributed by atoms with Gasteiger partial charge in [0.1, 0.15) is 0 Å². The summed E-state index contributed by atoms with van der Waals surface area (Å²) in [6.45, 7) is 3.67. The van der Waals surface area contributed by atoms with Crippen molar-refractivity contribution in [1.82, 2.24) is 15.5 Å². The van der Waals surface area contributed by atoms with Gasteiger partial charge in [0.25, 0.3) is 0 Å². The predicted molar refractivity (Wildman–Crippen MR) is 127 cm³/mol. The van der Waals surface area contributed by atoms with Crippen molar-refractivity contribution < 1.29 is 28.6 Å². The minimum absolute atomic E-state index is 0.130. The van der Waals surface area contributed by atoms with Crippen LogP contribution in [0.1, 0.15) is 36.5 Å². The van der Waals surface area contributed by atoms with Gasteiger partial charge in [-0.05, 0) is 23.1 Å². The minimum atomic E-state index is -0.556. The van der Waals surface area contributed by atoms with Gasteiger partial charge in [-0.2, -0.15) is 0 Å². The summed E-state index contributed by atoms with van der Waals surface area (Å²) in [6, 6.07) is 17.1. The second kappa shape index (κ2) is 15.2. The van der Waals surface area contributed by atoms with E-state index in [1.165, 1.54) is 4.90 Å². The molecule has 0 aliphatic carbocycles. The monoisotopic (exact) mass is 471 g/mol. The van der Waals surface area contributed by atoms with Crippen LogP contribution in [0.15, 0.2) is 54.6 Å². The maximum atomic E-state index is 12.0. The highest BCUT2D eigenvalue weighted by molar-refractivity contribution is 5.68. The fourth-order valence-corrected chi connectivity index (χ4v) is 2.91. The van der Waals surface area contributed by atoms with Crippen molar-refractivity contribution in [3.05, 3.63) is 71.3 Å². The summed E-state index contributed by atoms with van der Waals surface area (Å²) in [7, 11) is 1.67. The number of hydrogen-bond donors (Lipinski definition) is 2. The fraction of sp³-hybridized carbons (Fsp3) is 0.400. The van der Waals surface area contributed by atoms with Gasteiger partial charge >= 0.3 is 18.3 Å². The quantitative estimate of drug-likeness (QED) is 0.355. The standard InChI is InChI=1S/C25H33N3O6/c1-3-13-32-23(29)26-17-21-11-7-12-22(16-21)18-27-24(30)33-14-8-15-34-25(31)28(2)19-20-9-5-4-6-10-20/h4-7,9-12,16H,3,8,13-15,17-19H2,1-2H3,(H,26,29)(H,27,30). The van der Waals surface area contributed by atoms with E-state index >= 15 is 0 Å². The maximum Gasteiger partial charge on any atom is 0.409 e. The molecule has 34 heavy (non-hydrogen) atoms. The first-order chi connectivity index (χ1) is 16.5. The molecule has 0 saturated carbocycles. The zero-order chi connectivity index (χ0) is 24.6. The predicted octanol–water partition coefficient (Wildman–Crippen LogP) is 4.21. The van der Waals surface area contributed by atoms with Gasteiger partial charge in [-0.15, -0.1) is 0 Å². The van der Waals surface area contributed by atoms with E-state index in [-0.39, 0.29) is 19.8 Å². The van der Waals surface area contributed by atoms with E-state index in [9.17, 15) is 14.4 Å². The zero-order valence-corrected chi connectivity index (χ0v) is 19.7. The van der Waals surface area contributed by atoms with Crippen molar-refractivity contribution in [3.8, 4) is 0 Å². The van der Waals surface area contributed by atoms with Crippen LogP contribution in [0, 0.1) is 0 Å². The van der Waals surface area contributed by atoms with E-state index in [0.29, 0.717) is 26.1 Å². The highest BCUT2D eigenvalue weighted by Gasteiger charge is 2.10. The summed E-state index contributed by atoms with van der Waals surface area (Å²) in [5.41, 5.74) is 2.77.